The summed E-state index contributed by atoms with van der Waals surface area (Å²) >= 11 is 3.43. The van der Waals surface area contributed by atoms with Crippen LogP contribution in [0.3, 0.4) is 0 Å². The van der Waals surface area contributed by atoms with Crippen LogP contribution in [0.25, 0.3) is 0 Å². The number of amides is 1. The molecule has 0 unspecified atom stereocenters. The smallest absolute Gasteiger partial charge is 0.257 e. The average Bonchev–Trinajstić information content (AvgIpc) is 2.36. The number of benzene rings is 1. The number of hydrogen-bond acceptors (Lipinski definition) is 3. The van der Waals surface area contributed by atoms with Gasteiger partial charge in [0.15, 0.2) is 0 Å². The number of likely N-dealkylation sites (tertiary alicyclic amines) is 1. The molecule has 5 heteroatoms. The minimum atomic E-state index is 0.00273. The summed E-state index contributed by atoms with van der Waals surface area (Å²) in [5, 5.41) is 0.937. The zero-order valence-electron chi connectivity index (χ0n) is 10.5. The quantitative estimate of drug-likeness (QED) is 0.800. The van der Waals surface area contributed by atoms with E-state index in [2.05, 4.69) is 15.9 Å². The number of carbonyl (C=O) groups excluding carboxylic acids is 1. The fourth-order valence-electron chi connectivity index (χ4n) is 1.98. The molecule has 98 valence electrons. The third-order valence-corrected chi connectivity index (χ3v) is 4.02. The van der Waals surface area contributed by atoms with Gasteiger partial charge in [0.25, 0.3) is 5.91 Å². The summed E-state index contributed by atoms with van der Waals surface area (Å²) < 4.78 is 10.4. The molecule has 1 aliphatic rings. The molecule has 0 radical (unpaired) electrons. The van der Waals surface area contributed by atoms with Gasteiger partial charge in [-0.1, -0.05) is 15.9 Å². The van der Waals surface area contributed by atoms with Gasteiger partial charge in [0, 0.05) is 24.3 Å². The molecule has 1 aromatic rings. The first-order valence-electron chi connectivity index (χ1n) is 5.76. The second-order valence-electron chi connectivity index (χ2n) is 4.30. The summed E-state index contributed by atoms with van der Waals surface area (Å²) in [5.41, 5.74) is 0.560. The first kappa shape index (κ1) is 13.2. The lowest BCUT2D eigenvalue weighted by Crippen LogP contribution is -2.50. The molecule has 0 aliphatic carbocycles. The molecule has 4 nitrogen and oxygen atoms in total. The van der Waals surface area contributed by atoms with Gasteiger partial charge in [0.1, 0.15) is 11.5 Å². The molecule has 1 amide bonds. The van der Waals surface area contributed by atoms with Gasteiger partial charge in [-0.05, 0) is 18.2 Å². The Morgan fingerprint density at radius 2 is 2.11 bits per heavy atom. The van der Waals surface area contributed by atoms with Gasteiger partial charge < -0.3 is 14.4 Å². The highest BCUT2D eigenvalue weighted by molar-refractivity contribution is 9.09. The Balaban J connectivity index is 2.18. The summed E-state index contributed by atoms with van der Waals surface area (Å²) in [5.74, 6) is 1.81. The van der Waals surface area contributed by atoms with E-state index in [4.69, 9.17) is 9.47 Å². The molecule has 1 fully saturated rings. The van der Waals surface area contributed by atoms with E-state index in [1.165, 1.54) is 0 Å². The van der Waals surface area contributed by atoms with E-state index in [0.29, 0.717) is 23.0 Å². The lowest BCUT2D eigenvalue weighted by molar-refractivity contribution is 0.0535. The van der Waals surface area contributed by atoms with Crippen molar-refractivity contribution in [2.24, 2.45) is 5.92 Å². The molecule has 2 rings (SSSR count). The van der Waals surface area contributed by atoms with Crippen LogP contribution >= 0.6 is 15.9 Å². The first-order valence-corrected chi connectivity index (χ1v) is 6.89. The average molecular weight is 314 g/mol. The maximum Gasteiger partial charge on any atom is 0.257 e. The number of hydrogen-bond donors (Lipinski definition) is 0. The highest BCUT2D eigenvalue weighted by Crippen LogP contribution is 2.28. The maximum atomic E-state index is 12.3. The van der Waals surface area contributed by atoms with Crippen LogP contribution in [0.1, 0.15) is 10.4 Å². The van der Waals surface area contributed by atoms with Crippen molar-refractivity contribution in [1.82, 2.24) is 4.90 Å². The molecule has 1 aromatic carbocycles. The standard InChI is InChI=1S/C13H16BrNO3/c1-17-10-3-4-12(18-2)11(5-10)13(16)15-7-9(6-14)8-15/h3-5,9H,6-8H2,1-2H3. The largest absolute Gasteiger partial charge is 0.497 e. The van der Waals surface area contributed by atoms with Gasteiger partial charge in [-0.2, -0.15) is 0 Å². The van der Waals surface area contributed by atoms with Crippen LogP contribution in [0, 0.1) is 5.92 Å². The van der Waals surface area contributed by atoms with Gasteiger partial charge in [-0.3, -0.25) is 4.79 Å². The summed E-state index contributed by atoms with van der Waals surface area (Å²) in [6.45, 7) is 1.59. The van der Waals surface area contributed by atoms with Crippen LogP contribution < -0.4 is 9.47 Å². The van der Waals surface area contributed by atoms with E-state index in [-0.39, 0.29) is 5.91 Å². The van der Waals surface area contributed by atoms with E-state index >= 15 is 0 Å². The Kier molecular flexibility index (Phi) is 4.11. The van der Waals surface area contributed by atoms with Crippen LogP contribution in [0.4, 0.5) is 0 Å². The topological polar surface area (TPSA) is 38.8 Å². The molecule has 0 atom stereocenters. The summed E-state index contributed by atoms with van der Waals surface area (Å²) in [6.07, 6.45) is 0. The van der Waals surface area contributed by atoms with E-state index in [1.807, 2.05) is 4.90 Å². The number of ether oxygens (including phenoxy) is 2. The minimum Gasteiger partial charge on any atom is -0.497 e. The lowest BCUT2D eigenvalue weighted by Gasteiger charge is -2.38. The van der Waals surface area contributed by atoms with Gasteiger partial charge in [0.2, 0.25) is 0 Å². The number of alkyl halides is 1. The van der Waals surface area contributed by atoms with E-state index in [1.54, 1.807) is 32.4 Å². The fraction of sp³-hybridized carbons (Fsp3) is 0.462. The molecule has 0 spiro atoms. The molecule has 0 bridgehead atoms. The number of carbonyl (C=O) groups is 1. The molecular weight excluding hydrogens is 298 g/mol. The zero-order valence-corrected chi connectivity index (χ0v) is 12.1. The van der Waals surface area contributed by atoms with Crippen LogP contribution in [0.5, 0.6) is 11.5 Å². The lowest BCUT2D eigenvalue weighted by atomic mass is 10.0. The van der Waals surface area contributed by atoms with Crippen molar-refractivity contribution in [2.75, 3.05) is 32.6 Å². The molecule has 1 aliphatic heterocycles. The normalized spacial score (nSPS) is 15.2. The Hall–Kier alpha value is -1.23. The van der Waals surface area contributed by atoms with E-state index < -0.39 is 0 Å². The first-order chi connectivity index (χ1) is 8.69. The Morgan fingerprint density at radius 3 is 2.67 bits per heavy atom. The summed E-state index contributed by atoms with van der Waals surface area (Å²) in [7, 11) is 3.15. The highest BCUT2D eigenvalue weighted by Gasteiger charge is 2.31. The predicted molar refractivity (Wildman–Crippen MR) is 72.7 cm³/mol. The molecular formula is C13H16BrNO3. The Bertz CT molecular complexity index is 444. The summed E-state index contributed by atoms with van der Waals surface area (Å²) in [6, 6.07) is 5.27. The van der Waals surface area contributed by atoms with Gasteiger partial charge >= 0.3 is 0 Å². The van der Waals surface area contributed by atoms with Crippen LogP contribution in [-0.2, 0) is 0 Å². The Labute approximate surface area is 115 Å². The number of rotatable bonds is 4. The third kappa shape index (κ3) is 2.46. The minimum absolute atomic E-state index is 0.00273. The number of halogens is 1. The fourth-order valence-corrected chi connectivity index (χ4v) is 2.39. The highest BCUT2D eigenvalue weighted by atomic mass is 79.9. The van der Waals surface area contributed by atoms with Crippen molar-refractivity contribution in [3.8, 4) is 11.5 Å². The molecule has 0 aromatic heterocycles. The van der Waals surface area contributed by atoms with Crippen molar-refractivity contribution in [3.05, 3.63) is 23.8 Å². The van der Waals surface area contributed by atoms with E-state index in [9.17, 15) is 4.79 Å². The molecule has 0 N–H and O–H groups in total. The number of methoxy groups -OCH3 is 2. The maximum absolute atomic E-state index is 12.3. The second kappa shape index (κ2) is 5.61. The predicted octanol–water partition coefficient (Wildman–Crippen LogP) is 2.17. The van der Waals surface area contributed by atoms with Crippen LogP contribution in [0.2, 0.25) is 0 Å². The molecule has 18 heavy (non-hydrogen) atoms. The molecule has 0 saturated carbocycles. The number of nitrogens with zero attached hydrogens (tertiary/aromatic N) is 1. The molecule has 1 saturated heterocycles. The summed E-state index contributed by atoms with van der Waals surface area (Å²) in [4.78, 5) is 14.1. The second-order valence-corrected chi connectivity index (χ2v) is 4.94. The zero-order chi connectivity index (χ0) is 13.1. The van der Waals surface area contributed by atoms with Crippen LogP contribution in [0.15, 0.2) is 18.2 Å². The third-order valence-electron chi connectivity index (χ3n) is 3.10. The van der Waals surface area contributed by atoms with Crippen molar-refractivity contribution in [1.29, 1.82) is 0 Å². The van der Waals surface area contributed by atoms with Crippen molar-refractivity contribution in [3.63, 3.8) is 0 Å². The van der Waals surface area contributed by atoms with Crippen molar-refractivity contribution in [2.45, 2.75) is 0 Å². The van der Waals surface area contributed by atoms with Gasteiger partial charge in [-0.25, -0.2) is 0 Å². The van der Waals surface area contributed by atoms with Crippen molar-refractivity contribution < 1.29 is 14.3 Å². The van der Waals surface area contributed by atoms with Crippen LogP contribution in [-0.4, -0.2) is 43.4 Å². The monoisotopic (exact) mass is 313 g/mol. The van der Waals surface area contributed by atoms with Gasteiger partial charge in [0.05, 0.1) is 19.8 Å². The van der Waals surface area contributed by atoms with Gasteiger partial charge in [-0.15, -0.1) is 0 Å². The Morgan fingerprint density at radius 1 is 1.39 bits per heavy atom. The molecule has 1 heterocycles. The van der Waals surface area contributed by atoms with E-state index in [0.717, 1.165) is 18.4 Å². The van der Waals surface area contributed by atoms with Crippen molar-refractivity contribution >= 4 is 21.8 Å². The SMILES string of the molecule is COc1ccc(OC)c(C(=O)N2CC(CBr)C2)c1.